The largest absolute Gasteiger partial charge is 0.394 e. The summed E-state index contributed by atoms with van der Waals surface area (Å²) in [5, 5.41) is 13.5. The lowest BCUT2D eigenvalue weighted by Gasteiger charge is -2.35. The molecule has 3 heterocycles. The summed E-state index contributed by atoms with van der Waals surface area (Å²) in [4.78, 5) is 14.4. The molecule has 1 saturated heterocycles. The van der Waals surface area contributed by atoms with Gasteiger partial charge >= 0.3 is 5.69 Å². The van der Waals surface area contributed by atoms with Crippen LogP contribution in [0.1, 0.15) is 6.92 Å². The highest BCUT2D eigenvalue weighted by molar-refractivity contribution is 5.35. The van der Waals surface area contributed by atoms with E-state index in [0.717, 1.165) is 6.54 Å². The third kappa shape index (κ3) is 2.99. The Labute approximate surface area is 122 Å². The summed E-state index contributed by atoms with van der Waals surface area (Å²) in [5.74, 6) is 0. The summed E-state index contributed by atoms with van der Waals surface area (Å²) in [7, 11) is 0. The van der Waals surface area contributed by atoms with Crippen molar-refractivity contribution in [2.75, 3.05) is 26.2 Å². The zero-order chi connectivity index (χ0) is 14.8. The third-order valence-electron chi connectivity index (χ3n) is 3.72. The lowest BCUT2D eigenvalue weighted by Crippen LogP contribution is -2.49. The first-order chi connectivity index (χ1) is 10.2. The molecule has 3 rings (SSSR count). The molecule has 0 bridgehead atoms. The van der Waals surface area contributed by atoms with Gasteiger partial charge in [0.2, 0.25) is 0 Å². The number of rotatable bonds is 4. The molecule has 0 amide bonds. The van der Waals surface area contributed by atoms with Crippen molar-refractivity contribution in [3.05, 3.63) is 34.9 Å². The SMILES string of the molecule is CC1CN(CCn2nc3ccccn3c2=O)CC(CO)O1. The summed E-state index contributed by atoms with van der Waals surface area (Å²) in [5.41, 5.74) is 0.539. The molecule has 2 atom stereocenters. The van der Waals surface area contributed by atoms with Crippen LogP contribution in [0.4, 0.5) is 0 Å². The lowest BCUT2D eigenvalue weighted by atomic mass is 10.2. The van der Waals surface area contributed by atoms with Gasteiger partial charge in [0.05, 0.1) is 25.4 Å². The smallest absolute Gasteiger partial charge is 0.350 e. The van der Waals surface area contributed by atoms with E-state index in [1.165, 1.54) is 4.68 Å². The second kappa shape index (κ2) is 5.97. The van der Waals surface area contributed by atoms with Gasteiger partial charge in [-0.1, -0.05) is 6.07 Å². The van der Waals surface area contributed by atoms with Gasteiger partial charge in [0.15, 0.2) is 5.65 Å². The molecule has 1 fully saturated rings. The van der Waals surface area contributed by atoms with Crippen molar-refractivity contribution in [2.45, 2.75) is 25.7 Å². The number of pyridine rings is 1. The van der Waals surface area contributed by atoms with Crippen molar-refractivity contribution in [1.82, 2.24) is 19.1 Å². The average molecular weight is 292 g/mol. The van der Waals surface area contributed by atoms with Crippen molar-refractivity contribution < 1.29 is 9.84 Å². The average Bonchev–Trinajstić information content (AvgIpc) is 2.81. The van der Waals surface area contributed by atoms with Crippen molar-refractivity contribution in [2.24, 2.45) is 0 Å². The number of fused-ring (bicyclic) bond motifs is 1. The minimum absolute atomic E-state index is 0.0230. The van der Waals surface area contributed by atoms with Crippen molar-refractivity contribution in [3.63, 3.8) is 0 Å². The van der Waals surface area contributed by atoms with Crippen molar-refractivity contribution in [3.8, 4) is 0 Å². The van der Waals surface area contributed by atoms with E-state index in [-0.39, 0.29) is 24.5 Å². The molecule has 0 radical (unpaired) electrons. The summed E-state index contributed by atoms with van der Waals surface area (Å²) < 4.78 is 8.64. The fourth-order valence-corrected chi connectivity index (χ4v) is 2.77. The highest BCUT2D eigenvalue weighted by Crippen LogP contribution is 2.10. The van der Waals surface area contributed by atoms with E-state index >= 15 is 0 Å². The maximum absolute atomic E-state index is 12.2. The molecule has 2 aromatic heterocycles. The molecule has 2 aromatic rings. The summed E-state index contributed by atoms with van der Waals surface area (Å²) >= 11 is 0. The van der Waals surface area contributed by atoms with Crippen LogP contribution >= 0.6 is 0 Å². The van der Waals surface area contributed by atoms with Crippen LogP contribution in [0.2, 0.25) is 0 Å². The molecule has 0 saturated carbocycles. The van der Waals surface area contributed by atoms with Gasteiger partial charge in [-0.05, 0) is 19.1 Å². The van der Waals surface area contributed by atoms with Gasteiger partial charge in [0, 0.05) is 25.8 Å². The second-order valence-corrected chi connectivity index (χ2v) is 5.45. The Morgan fingerprint density at radius 3 is 3.00 bits per heavy atom. The molecule has 21 heavy (non-hydrogen) atoms. The fraction of sp³-hybridized carbons (Fsp3) is 0.571. The van der Waals surface area contributed by atoms with Gasteiger partial charge in [-0.3, -0.25) is 9.30 Å². The number of aliphatic hydroxyl groups excluding tert-OH is 1. The maximum Gasteiger partial charge on any atom is 0.350 e. The molecule has 1 aliphatic rings. The minimum atomic E-state index is -0.147. The Balaban J connectivity index is 1.69. The molecule has 0 aromatic carbocycles. The van der Waals surface area contributed by atoms with Crippen LogP contribution < -0.4 is 5.69 Å². The van der Waals surface area contributed by atoms with E-state index in [1.807, 2.05) is 25.1 Å². The summed E-state index contributed by atoms with van der Waals surface area (Å²) in [6.07, 6.45) is 1.67. The molecule has 1 aliphatic heterocycles. The molecule has 7 nitrogen and oxygen atoms in total. The number of hydrogen-bond acceptors (Lipinski definition) is 5. The standard InChI is InChI=1S/C14H20N4O3/c1-11-8-16(9-12(10-19)21-11)6-7-18-14(20)17-5-3-2-4-13(17)15-18/h2-5,11-12,19H,6-10H2,1H3. The zero-order valence-electron chi connectivity index (χ0n) is 12.1. The van der Waals surface area contributed by atoms with E-state index in [2.05, 4.69) is 10.00 Å². The van der Waals surface area contributed by atoms with Gasteiger partial charge in [0.1, 0.15) is 0 Å². The van der Waals surface area contributed by atoms with Gasteiger partial charge in [-0.25, -0.2) is 9.48 Å². The third-order valence-corrected chi connectivity index (χ3v) is 3.72. The first kappa shape index (κ1) is 14.2. The monoisotopic (exact) mass is 292 g/mol. The summed E-state index contributed by atoms with van der Waals surface area (Å²) in [6.45, 7) is 4.75. The number of aromatic nitrogens is 3. The Morgan fingerprint density at radius 1 is 1.38 bits per heavy atom. The van der Waals surface area contributed by atoms with E-state index in [0.29, 0.717) is 25.3 Å². The number of nitrogens with zero attached hydrogens (tertiary/aromatic N) is 4. The van der Waals surface area contributed by atoms with E-state index < -0.39 is 0 Å². The Bertz CT molecular complexity index is 666. The zero-order valence-corrected chi connectivity index (χ0v) is 12.1. The van der Waals surface area contributed by atoms with Gasteiger partial charge in [-0.15, -0.1) is 5.10 Å². The minimum Gasteiger partial charge on any atom is -0.394 e. The van der Waals surface area contributed by atoms with Crippen molar-refractivity contribution >= 4 is 5.65 Å². The number of ether oxygens (including phenoxy) is 1. The van der Waals surface area contributed by atoms with Crippen LogP contribution in [-0.2, 0) is 11.3 Å². The first-order valence-corrected chi connectivity index (χ1v) is 7.20. The highest BCUT2D eigenvalue weighted by atomic mass is 16.5. The molecular weight excluding hydrogens is 272 g/mol. The normalized spacial score (nSPS) is 23.7. The molecular formula is C14H20N4O3. The van der Waals surface area contributed by atoms with Crippen LogP contribution in [0.25, 0.3) is 5.65 Å². The maximum atomic E-state index is 12.2. The molecule has 7 heteroatoms. The highest BCUT2D eigenvalue weighted by Gasteiger charge is 2.24. The lowest BCUT2D eigenvalue weighted by molar-refractivity contribution is -0.0957. The van der Waals surface area contributed by atoms with E-state index in [1.54, 1.807) is 10.6 Å². The predicted octanol–water partition coefficient (Wildman–Crippen LogP) is -0.422. The molecule has 0 spiro atoms. The van der Waals surface area contributed by atoms with Crippen LogP contribution in [0.3, 0.4) is 0 Å². The molecule has 0 aliphatic carbocycles. The first-order valence-electron chi connectivity index (χ1n) is 7.20. The van der Waals surface area contributed by atoms with Gasteiger partial charge in [-0.2, -0.15) is 0 Å². The van der Waals surface area contributed by atoms with Crippen LogP contribution in [0.15, 0.2) is 29.2 Å². The van der Waals surface area contributed by atoms with E-state index in [9.17, 15) is 9.90 Å². The number of aliphatic hydroxyl groups is 1. The van der Waals surface area contributed by atoms with Crippen LogP contribution in [0, 0.1) is 0 Å². The van der Waals surface area contributed by atoms with Gasteiger partial charge in [0.25, 0.3) is 0 Å². The fourth-order valence-electron chi connectivity index (χ4n) is 2.77. The van der Waals surface area contributed by atoms with Crippen LogP contribution in [-0.4, -0.2) is 62.6 Å². The Hall–Kier alpha value is -1.70. The quantitative estimate of drug-likeness (QED) is 0.828. The summed E-state index contributed by atoms with van der Waals surface area (Å²) in [6, 6.07) is 5.49. The second-order valence-electron chi connectivity index (χ2n) is 5.45. The van der Waals surface area contributed by atoms with Crippen LogP contribution in [0.5, 0.6) is 0 Å². The molecule has 2 unspecified atom stereocenters. The van der Waals surface area contributed by atoms with Gasteiger partial charge < -0.3 is 9.84 Å². The Morgan fingerprint density at radius 2 is 2.24 bits per heavy atom. The topological polar surface area (TPSA) is 72.0 Å². The van der Waals surface area contributed by atoms with E-state index in [4.69, 9.17) is 4.74 Å². The number of hydrogen-bond donors (Lipinski definition) is 1. The molecule has 114 valence electrons. The Kier molecular flexibility index (Phi) is 4.05. The van der Waals surface area contributed by atoms with Crippen molar-refractivity contribution in [1.29, 1.82) is 0 Å². The molecule has 1 N–H and O–H groups in total. The number of morpholine rings is 1. The predicted molar refractivity (Wildman–Crippen MR) is 77.3 cm³/mol.